The van der Waals surface area contributed by atoms with Crippen LogP contribution in [0.25, 0.3) is 16.0 Å². The number of amides is 1. The minimum absolute atomic E-state index is 0.0849. The first-order chi connectivity index (χ1) is 12.7. The fraction of sp³-hybridized carbons (Fsp3) is 0.556. The molecule has 9 heteroatoms. The fourth-order valence-electron chi connectivity index (χ4n) is 2.08. The topological polar surface area (TPSA) is 146 Å². The van der Waals surface area contributed by atoms with Crippen molar-refractivity contribution in [2.45, 2.75) is 52.7 Å². The quantitative estimate of drug-likeness (QED) is 0.247. The van der Waals surface area contributed by atoms with Crippen LogP contribution in [-0.4, -0.2) is 42.1 Å². The fourth-order valence-corrected chi connectivity index (χ4v) is 2.08. The van der Waals surface area contributed by atoms with Gasteiger partial charge in [-0.1, -0.05) is 20.8 Å². The highest BCUT2D eigenvalue weighted by atomic mass is 16.5. The second-order valence-corrected chi connectivity index (χ2v) is 6.18. The van der Waals surface area contributed by atoms with E-state index in [9.17, 15) is 14.7 Å². The first-order valence-corrected chi connectivity index (χ1v) is 8.72. The zero-order valence-corrected chi connectivity index (χ0v) is 16.2. The van der Waals surface area contributed by atoms with E-state index in [0.717, 1.165) is 6.42 Å². The van der Waals surface area contributed by atoms with Crippen molar-refractivity contribution < 1.29 is 19.4 Å². The Balaban J connectivity index is 0.00000210. The lowest BCUT2D eigenvalue weighted by Gasteiger charge is -2.17. The van der Waals surface area contributed by atoms with Crippen LogP contribution in [0.2, 0.25) is 0 Å². The average molecular weight is 378 g/mol. The van der Waals surface area contributed by atoms with E-state index in [4.69, 9.17) is 15.8 Å². The lowest BCUT2D eigenvalue weighted by atomic mass is 10.1. The van der Waals surface area contributed by atoms with E-state index in [2.05, 4.69) is 10.6 Å². The van der Waals surface area contributed by atoms with Gasteiger partial charge in [-0.05, 0) is 31.5 Å². The Morgan fingerprint density at radius 3 is 2.44 bits per heavy atom. The Morgan fingerprint density at radius 1 is 1.30 bits per heavy atom. The van der Waals surface area contributed by atoms with Crippen LogP contribution in [0.3, 0.4) is 0 Å². The number of carbonyl (C=O) groups excluding carboxylic acids is 2. The number of anilines is 1. The molecule has 0 radical (unpaired) electrons. The molecule has 1 amide bonds. The lowest BCUT2D eigenvalue weighted by Crippen LogP contribution is -2.35. The smallest absolute Gasteiger partial charge is 0.224 e. The zero-order chi connectivity index (χ0) is 20.8. The number of aliphatic hydroxyl groups is 1. The molecule has 0 saturated carbocycles. The van der Waals surface area contributed by atoms with Gasteiger partial charge in [0.15, 0.2) is 5.78 Å². The van der Waals surface area contributed by atoms with Gasteiger partial charge >= 0.3 is 0 Å². The first kappa shape index (κ1) is 24.4. The summed E-state index contributed by atoms with van der Waals surface area (Å²) in [5.41, 5.74) is 14.4. The van der Waals surface area contributed by atoms with E-state index in [0.29, 0.717) is 30.0 Å². The Labute approximate surface area is 159 Å². The molecule has 0 aliphatic heterocycles. The van der Waals surface area contributed by atoms with Gasteiger partial charge in [-0.15, -0.1) is 0 Å². The number of ether oxygens (including phenoxy) is 1. The number of hydrogen-bond donors (Lipinski definition) is 3. The highest BCUT2D eigenvalue weighted by molar-refractivity contribution is 5.99. The molecule has 0 aliphatic carbocycles. The molecule has 0 fully saturated rings. The minimum atomic E-state index is -0.670. The molecule has 1 rings (SSSR count). The molecule has 9 nitrogen and oxygen atoms in total. The van der Waals surface area contributed by atoms with Crippen LogP contribution in [-0.2, 0) is 4.79 Å². The van der Waals surface area contributed by atoms with E-state index in [1.54, 1.807) is 18.2 Å². The van der Waals surface area contributed by atoms with Gasteiger partial charge in [0.1, 0.15) is 18.5 Å². The predicted octanol–water partition coefficient (Wildman–Crippen LogP) is 3.23. The molecule has 1 unspecified atom stereocenters. The highest BCUT2D eigenvalue weighted by Gasteiger charge is 2.13. The number of carbonyl (C=O) groups is 2. The van der Waals surface area contributed by atoms with Gasteiger partial charge in [0.25, 0.3) is 0 Å². The van der Waals surface area contributed by atoms with Crippen LogP contribution in [0.5, 0.6) is 5.75 Å². The maximum atomic E-state index is 11.8. The number of benzene rings is 1. The Morgan fingerprint density at radius 2 is 1.93 bits per heavy atom. The summed E-state index contributed by atoms with van der Waals surface area (Å²) in [7, 11) is 0. The maximum absolute atomic E-state index is 11.8. The number of aliphatic hydroxyl groups excluding tert-OH is 1. The first-order valence-electron chi connectivity index (χ1n) is 8.72. The van der Waals surface area contributed by atoms with Crippen molar-refractivity contribution in [2.75, 3.05) is 18.5 Å². The third kappa shape index (κ3) is 10.9. The van der Waals surface area contributed by atoms with Crippen LogP contribution in [0.15, 0.2) is 18.2 Å². The summed E-state index contributed by atoms with van der Waals surface area (Å²) in [6.07, 6.45) is 0.522. The SMILES string of the molecule is CCCC(=O)Nc1ccc(OCC(O)CNC(C)C)c(C(C)=O)c1.[N-]=[N+]=[N-]. The Kier molecular flexibility index (Phi) is 12.3. The summed E-state index contributed by atoms with van der Waals surface area (Å²) in [5.74, 6) is 0.154. The molecule has 1 aromatic rings. The number of hydrogen-bond acceptors (Lipinski definition) is 5. The number of Topliss-reactive ketones (excluding diaryl/α,β-unsaturated/α-hetero) is 1. The van der Waals surface area contributed by atoms with Crippen LogP contribution in [0.1, 0.15) is 50.9 Å². The molecule has 0 saturated heterocycles. The van der Waals surface area contributed by atoms with Crippen LogP contribution < -0.4 is 15.4 Å². The summed E-state index contributed by atoms with van der Waals surface area (Å²) in [6, 6.07) is 5.21. The van der Waals surface area contributed by atoms with E-state index in [1.807, 2.05) is 20.8 Å². The third-order valence-corrected chi connectivity index (χ3v) is 3.31. The normalized spacial score (nSPS) is 11.0. The van der Waals surface area contributed by atoms with Gasteiger partial charge in [-0.3, -0.25) is 14.5 Å². The minimum Gasteiger partial charge on any atom is -0.490 e. The number of ketones is 1. The van der Waals surface area contributed by atoms with Crippen molar-refractivity contribution in [2.24, 2.45) is 0 Å². The van der Waals surface area contributed by atoms with Crippen LogP contribution in [0, 0.1) is 0 Å². The molecule has 27 heavy (non-hydrogen) atoms. The molecule has 3 N–H and O–H groups in total. The summed E-state index contributed by atoms with van der Waals surface area (Å²) < 4.78 is 5.58. The molecule has 1 aromatic carbocycles. The number of rotatable bonds is 10. The van der Waals surface area contributed by atoms with Gasteiger partial charge in [0.2, 0.25) is 5.91 Å². The molecular formula is C18H28N5O4-. The second kappa shape index (κ2) is 13.6. The summed E-state index contributed by atoms with van der Waals surface area (Å²) in [4.78, 5) is 25.0. The van der Waals surface area contributed by atoms with Gasteiger partial charge in [0.05, 0.1) is 5.56 Å². The summed E-state index contributed by atoms with van der Waals surface area (Å²) >= 11 is 0. The van der Waals surface area contributed by atoms with Crippen molar-refractivity contribution in [1.82, 2.24) is 5.32 Å². The average Bonchev–Trinajstić information content (AvgIpc) is 2.59. The molecule has 150 valence electrons. The van der Waals surface area contributed by atoms with Crippen LogP contribution >= 0.6 is 0 Å². The number of nitrogens with one attached hydrogen (secondary N) is 2. The monoisotopic (exact) mass is 378 g/mol. The van der Waals surface area contributed by atoms with Gasteiger partial charge in [-0.2, -0.15) is 0 Å². The van der Waals surface area contributed by atoms with Crippen molar-refractivity contribution in [3.05, 3.63) is 39.7 Å². The van der Waals surface area contributed by atoms with Crippen molar-refractivity contribution in [3.8, 4) is 5.75 Å². The molecule has 0 aromatic heterocycles. The number of nitrogens with zero attached hydrogens (tertiary/aromatic N) is 3. The van der Waals surface area contributed by atoms with Crippen molar-refractivity contribution >= 4 is 17.4 Å². The summed E-state index contributed by atoms with van der Waals surface area (Å²) in [6.45, 7) is 7.85. The molecule has 1 atom stereocenters. The Bertz CT molecular complexity index is 643. The van der Waals surface area contributed by atoms with E-state index in [-0.39, 0.29) is 24.3 Å². The van der Waals surface area contributed by atoms with Crippen molar-refractivity contribution in [1.29, 1.82) is 0 Å². The highest BCUT2D eigenvalue weighted by Crippen LogP contribution is 2.24. The molecule has 0 aliphatic rings. The second-order valence-electron chi connectivity index (χ2n) is 6.18. The lowest BCUT2D eigenvalue weighted by molar-refractivity contribution is -0.116. The molecular weight excluding hydrogens is 350 g/mol. The zero-order valence-electron chi connectivity index (χ0n) is 16.2. The van der Waals surface area contributed by atoms with E-state index < -0.39 is 6.10 Å². The third-order valence-electron chi connectivity index (χ3n) is 3.31. The van der Waals surface area contributed by atoms with E-state index in [1.165, 1.54) is 11.8 Å². The molecule has 0 heterocycles. The van der Waals surface area contributed by atoms with Crippen LogP contribution in [0.4, 0.5) is 5.69 Å². The maximum Gasteiger partial charge on any atom is 0.224 e. The largest absolute Gasteiger partial charge is 0.490 e. The summed E-state index contributed by atoms with van der Waals surface area (Å²) in [5, 5.41) is 15.8. The van der Waals surface area contributed by atoms with E-state index >= 15 is 0 Å². The molecule has 0 spiro atoms. The molecule has 0 bridgehead atoms. The standard InChI is InChI=1S/C18H28N2O4.N3/c1-5-6-18(23)20-14-7-8-17(16(9-14)13(4)21)24-11-15(22)10-19-12(2)3;1-3-2/h7-9,12,15,19,22H,5-6,10-11H2,1-4H3,(H,20,23);/q;-1. The van der Waals surface area contributed by atoms with Crippen molar-refractivity contribution in [3.63, 3.8) is 0 Å². The van der Waals surface area contributed by atoms with Gasteiger partial charge < -0.3 is 31.5 Å². The Hall–Kier alpha value is -2.61. The predicted molar refractivity (Wildman–Crippen MR) is 105 cm³/mol. The van der Waals surface area contributed by atoms with Gasteiger partial charge in [-0.25, -0.2) is 0 Å². The van der Waals surface area contributed by atoms with Gasteiger partial charge in [0, 0.05) is 24.7 Å².